The van der Waals surface area contributed by atoms with Gasteiger partial charge in [0.1, 0.15) is 6.54 Å². The normalized spacial score (nSPS) is 9.95. The molecule has 1 aromatic heterocycles. The van der Waals surface area contributed by atoms with E-state index in [9.17, 15) is 0 Å². The van der Waals surface area contributed by atoms with Crippen LogP contribution in [0.1, 0.15) is 77.7 Å². The van der Waals surface area contributed by atoms with Gasteiger partial charge < -0.3 is 9.90 Å². The predicted molar refractivity (Wildman–Crippen MR) is 89.3 cm³/mol. The molecule has 0 bridgehead atoms. The Bertz CT molecular complexity index is 387. The lowest BCUT2D eigenvalue weighted by atomic mass is 10.1. The highest BCUT2D eigenvalue weighted by molar-refractivity contribution is 5.60. The van der Waals surface area contributed by atoms with Gasteiger partial charge in [-0.15, -0.1) is 0 Å². The third-order valence-electron chi connectivity index (χ3n) is 3.51. The molecule has 1 aromatic rings. The Morgan fingerprint density at radius 1 is 1.05 bits per heavy atom. The van der Waals surface area contributed by atoms with Crippen LogP contribution in [0, 0.1) is 0 Å². The summed E-state index contributed by atoms with van der Waals surface area (Å²) in [5, 5.41) is 8.89. The van der Waals surface area contributed by atoms with Crippen LogP contribution in [0.2, 0.25) is 0 Å². The van der Waals surface area contributed by atoms with Crippen molar-refractivity contribution in [2.24, 2.45) is 0 Å². The summed E-state index contributed by atoms with van der Waals surface area (Å²) in [6, 6.07) is 4.45. The maximum absolute atomic E-state index is 8.89. The molecule has 3 heteroatoms. The lowest BCUT2D eigenvalue weighted by Gasteiger charge is -2.01. The first-order valence-electron chi connectivity index (χ1n) is 8.75. The Labute approximate surface area is 136 Å². The molecule has 0 N–H and O–H groups in total. The van der Waals surface area contributed by atoms with Crippen LogP contribution in [0.15, 0.2) is 24.5 Å². The van der Waals surface area contributed by atoms with E-state index in [1.165, 1.54) is 69.9 Å². The number of carboxylic acid groups (broad SMARTS) is 1. The summed E-state index contributed by atoms with van der Waals surface area (Å²) in [4.78, 5) is 8.89. The molecule has 0 radical (unpaired) electrons. The Kier molecular flexibility index (Phi) is 13.6. The molecule has 1 heterocycles. The van der Waals surface area contributed by atoms with Crippen LogP contribution in [0.4, 0.5) is 0 Å². The summed E-state index contributed by atoms with van der Waals surface area (Å²) in [5.74, 6) is -1.08. The maximum atomic E-state index is 8.89. The molecule has 0 saturated heterocycles. The standard InChI is InChI=1S/C17H30N.C2H4O2/c1-3-5-7-8-9-10-14-18-15-11-13-17(16-18)12-6-4-2;1-2(3)4/h11,13,15-16H,3-10,12,14H2,1-2H3;1H3,(H,3,4)/q+1;/p-1. The van der Waals surface area contributed by atoms with Crippen LogP contribution < -0.4 is 9.67 Å². The Morgan fingerprint density at radius 2 is 1.64 bits per heavy atom. The molecule has 0 amide bonds. The lowest BCUT2D eigenvalue weighted by Crippen LogP contribution is -2.33. The first kappa shape index (κ1) is 20.6. The third kappa shape index (κ3) is 13.6. The minimum Gasteiger partial charge on any atom is -0.550 e. The van der Waals surface area contributed by atoms with Crippen molar-refractivity contribution in [1.82, 2.24) is 0 Å². The average Bonchev–Trinajstić information content (AvgIpc) is 2.48. The van der Waals surface area contributed by atoms with E-state index in [1.807, 2.05) is 0 Å². The van der Waals surface area contributed by atoms with Crippen molar-refractivity contribution >= 4 is 5.97 Å². The van der Waals surface area contributed by atoms with E-state index in [2.05, 4.69) is 42.9 Å². The van der Waals surface area contributed by atoms with Gasteiger partial charge in [-0.2, -0.15) is 0 Å². The van der Waals surface area contributed by atoms with Gasteiger partial charge in [0.05, 0.1) is 0 Å². The van der Waals surface area contributed by atoms with Crippen LogP contribution in [-0.4, -0.2) is 5.97 Å². The van der Waals surface area contributed by atoms with Crippen LogP contribution in [0.5, 0.6) is 0 Å². The highest BCUT2D eigenvalue weighted by Crippen LogP contribution is 2.05. The van der Waals surface area contributed by atoms with Gasteiger partial charge in [0, 0.05) is 24.0 Å². The number of nitrogens with zero attached hydrogens (tertiary/aromatic N) is 1. The summed E-state index contributed by atoms with van der Waals surface area (Å²) in [6.07, 6.45) is 16.6. The lowest BCUT2D eigenvalue weighted by molar-refractivity contribution is -0.697. The zero-order valence-corrected chi connectivity index (χ0v) is 14.6. The van der Waals surface area contributed by atoms with E-state index < -0.39 is 5.97 Å². The fraction of sp³-hybridized carbons (Fsp3) is 0.684. The van der Waals surface area contributed by atoms with Crippen LogP contribution in [-0.2, 0) is 17.8 Å². The average molecular weight is 307 g/mol. The number of unbranched alkanes of at least 4 members (excludes halogenated alkanes) is 6. The maximum Gasteiger partial charge on any atom is 0.171 e. The number of aliphatic carboxylic acids is 1. The Balaban J connectivity index is 0.000000980. The SMILES string of the molecule is CC(=O)[O-].CCCCCCCC[n+]1cccc(CCCC)c1. The fourth-order valence-electron chi connectivity index (χ4n) is 2.32. The van der Waals surface area contributed by atoms with Crippen molar-refractivity contribution in [2.75, 3.05) is 0 Å². The molecular formula is C19H33NO2. The second-order valence-corrected chi connectivity index (χ2v) is 5.81. The van der Waals surface area contributed by atoms with Gasteiger partial charge in [-0.3, -0.25) is 0 Å². The number of aryl methyl sites for hydroxylation is 2. The fourth-order valence-corrected chi connectivity index (χ4v) is 2.32. The second kappa shape index (κ2) is 14.6. The topological polar surface area (TPSA) is 44.0 Å². The molecule has 3 nitrogen and oxygen atoms in total. The molecule has 0 aliphatic heterocycles. The first-order valence-corrected chi connectivity index (χ1v) is 8.75. The van der Waals surface area contributed by atoms with Crippen molar-refractivity contribution in [3.63, 3.8) is 0 Å². The van der Waals surface area contributed by atoms with E-state index in [4.69, 9.17) is 9.90 Å². The predicted octanol–water partition coefficient (Wildman–Crippen LogP) is 3.43. The highest BCUT2D eigenvalue weighted by Gasteiger charge is 2.02. The Hall–Kier alpha value is -1.38. The smallest absolute Gasteiger partial charge is 0.171 e. The minimum atomic E-state index is -1.08. The minimum absolute atomic E-state index is 0.972. The first-order chi connectivity index (χ1) is 10.6. The van der Waals surface area contributed by atoms with Gasteiger partial charge in [-0.25, -0.2) is 4.57 Å². The molecule has 0 unspecified atom stereocenters. The van der Waals surface area contributed by atoms with Crippen molar-refractivity contribution < 1.29 is 14.5 Å². The van der Waals surface area contributed by atoms with Gasteiger partial charge >= 0.3 is 0 Å². The molecule has 1 rings (SSSR count). The van der Waals surface area contributed by atoms with E-state index in [1.54, 1.807) is 0 Å². The van der Waals surface area contributed by atoms with Gasteiger partial charge in [-0.1, -0.05) is 46.0 Å². The van der Waals surface area contributed by atoms with Crippen molar-refractivity contribution in [3.8, 4) is 0 Å². The van der Waals surface area contributed by atoms with Crippen molar-refractivity contribution in [3.05, 3.63) is 30.1 Å². The van der Waals surface area contributed by atoms with E-state index in [0.717, 1.165) is 6.92 Å². The number of pyridine rings is 1. The Morgan fingerprint density at radius 3 is 2.27 bits per heavy atom. The molecule has 0 aliphatic carbocycles. The summed E-state index contributed by atoms with van der Waals surface area (Å²) in [5.41, 5.74) is 1.49. The molecule has 126 valence electrons. The van der Waals surface area contributed by atoms with Crippen molar-refractivity contribution in [2.45, 2.75) is 85.1 Å². The number of carbonyl (C=O) groups is 1. The summed E-state index contributed by atoms with van der Waals surface area (Å²) >= 11 is 0. The molecule has 22 heavy (non-hydrogen) atoms. The number of aromatic nitrogens is 1. The molecule has 0 fully saturated rings. The summed E-state index contributed by atoms with van der Waals surface area (Å²) in [7, 11) is 0. The van der Waals surface area contributed by atoms with E-state index in [-0.39, 0.29) is 0 Å². The largest absolute Gasteiger partial charge is 0.550 e. The number of hydrogen-bond acceptors (Lipinski definition) is 2. The van der Waals surface area contributed by atoms with Crippen LogP contribution >= 0.6 is 0 Å². The molecule has 0 atom stereocenters. The number of rotatable bonds is 10. The second-order valence-electron chi connectivity index (χ2n) is 5.81. The molecule has 0 spiro atoms. The van der Waals surface area contributed by atoms with Gasteiger partial charge in [0.2, 0.25) is 0 Å². The van der Waals surface area contributed by atoms with Gasteiger partial charge in [0.15, 0.2) is 12.4 Å². The summed E-state index contributed by atoms with van der Waals surface area (Å²) in [6.45, 7) is 6.69. The number of carboxylic acids is 1. The number of carbonyl (C=O) groups excluding carboxylic acids is 1. The molecule has 0 saturated carbocycles. The van der Waals surface area contributed by atoms with Crippen molar-refractivity contribution in [1.29, 1.82) is 0 Å². The van der Waals surface area contributed by atoms with Crippen LogP contribution in [0.25, 0.3) is 0 Å². The molecule has 0 aliphatic rings. The molecule has 0 aromatic carbocycles. The molecular weight excluding hydrogens is 274 g/mol. The zero-order valence-electron chi connectivity index (χ0n) is 14.6. The quantitative estimate of drug-likeness (QED) is 0.491. The summed E-state index contributed by atoms with van der Waals surface area (Å²) < 4.78 is 2.37. The number of hydrogen-bond donors (Lipinski definition) is 0. The van der Waals surface area contributed by atoms with Gasteiger partial charge in [0.25, 0.3) is 0 Å². The highest BCUT2D eigenvalue weighted by atomic mass is 16.4. The zero-order chi connectivity index (χ0) is 16.6. The van der Waals surface area contributed by atoms with E-state index >= 15 is 0 Å². The van der Waals surface area contributed by atoms with E-state index in [0.29, 0.717) is 0 Å². The van der Waals surface area contributed by atoms with Crippen LogP contribution in [0.3, 0.4) is 0 Å². The monoisotopic (exact) mass is 307 g/mol. The third-order valence-corrected chi connectivity index (χ3v) is 3.51. The van der Waals surface area contributed by atoms with Gasteiger partial charge in [-0.05, 0) is 32.3 Å².